The lowest BCUT2D eigenvalue weighted by atomic mass is 10.3. The molecule has 0 aliphatic rings. The first-order valence-corrected chi connectivity index (χ1v) is 8.54. The van der Waals surface area contributed by atoms with Crippen LogP contribution in [0.2, 0.25) is 0 Å². The van der Waals surface area contributed by atoms with E-state index in [1.165, 1.54) is 30.8 Å². The zero-order chi connectivity index (χ0) is 6.95. The summed E-state index contributed by atoms with van der Waals surface area (Å²) in [5, 5.41) is 0. The normalized spacial score (nSPS) is 10.0. The first kappa shape index (κ1) is 10.7. The third kappa shape index (κ3) is 9.66. The molecule has 0 aromatic heterocycles. The molecule has 0 aliphatic heterocycles. The van der Waals surface area contributed by atoms with Crippen molar-refractivity contribution in [2.75, 3.05) is 11.5 Å². The summed E-state index contributed by atoms with van der Waals surface area (Å²) in [5.41, 5.74) is 0. The van der Waals surface area contributed by atoms with Gasteiger partial charge in [0.05, 0.1) is 0 Å². The van der Waals surface area contributed by atoms with Gasteiger partial charge in [-0.25, -0.2) is 0 Å². The average molecular weight is 294 g/mol. The van der Waals surface area contributed by atoms with Gasteiger partial charge in [0.15, 0.2) is 0 Å². The largest absolute Gasteiger partial charge is 0.0836 e. The standard InChI is InChI=1S/C5H10Br2S2/c6-8-4-2-1-3-5-9-7/h1-5H2. The monoisotopic (exact) mass is 292 g/mol. The van der Waals surface area contributed by atoms with Crippen LogP contribution in [0.15, 0.2) is 0 Å². The number of hydrogen-bond acceptors (Lipinski definition) is 2. The quantitative estimate of drug-likeness (QED) is 0.672. The molecule has 0 aliphatic carbocycles. The van der Waals surface area contributed by atoms with Crippen molar-refractivity contribution in [1.29, 1.82) is 0 Å². The van der Waals surface area contributed by atoms with Crippen molar-refractivity contribution in [3.63, 3.8) is 0 Å². The number of halogens is 2. The van der Waals surface area contributed by atoms with E-state index in [1.807, 2.05) is 0 Å². The van der Waals surface area contributed by atoms with E-state index in [0.717, 1.165) is 0 Å². The zero-order valence-electron chi connectivity index (χ0n) is 5.11. The Morgan fingerprint density at radius 2 is 1.22 bits per heavy atom. The lowest BCUT2D eigenvalue weighted by Crippen LogP contribution is -1.79. The van der Waals surface area contributed by atoms with Gasteiger partial charge in [-0.1, -0.05) is 26.8 Å². The molecule has 0 unspecified atom stereocenters. The number of rotatable bonds is 6. The lowest BCUT2D eigenvalue weighted by molar-refractivity contribution is 0.788. The van der Waals surface area contributed by atoms with Gasteiger partial charge in [0.2, 0.25) is 0 Å². The predicted octanol–water partition coefficient (Wildman–Crippen LogP) is 4.24. The van der Waals surface area contributed by atoms with Crippen LogP contribution in [0.4, 0.5) is 0 Å². The molecule has 0 bridgehead atoms. The zero-order valence-corrected chi connectivity index (χ0v) is 9.91. The molecule has 0 saturated heterocycles. The summed E-state index contributed by atoms with van der Waals surface area (Å²) < 4.78 is 0. The van der Waals surface area contributed by atoms with Gasteiger partial charge >= 0.3 is 0 Å². The Morgan fingerprint density at radius 3 is 1.56 bits per heavy atom. The molecule has 4 heteroatoms. The summed E-state index contributed by atoms with van der Waals surface area (Å²) in [6, 6.07) is 0. The summed E-state index contributed by atoms with van der Waals surface area (Å²) >= 11 is 6.64. The van der Waals surface area contributed by atoms with Gasteiger partial charge < -0.3 is 0 Å². The first-order valence-electron chi connectivity index (χ1n) is 2.89. The fraction of sp³-hybridized carbons (Fsp3) is 1.00. The fourth-order valence-corrected chi connectivity index (χ4v) is 2.49. The van der Waals surface area contributed by atoms with E-state index >= 15 is 0 Å². The average Bonchev–Trinajstić information content (AvgIpc) is 1.89. The van der Waals surface area contributed by atoms with Crippen molar-refractivity contribution in [2.24, 2.45) is 0 Å². The SMILES string of the molecule is BrSCCCCCSBr. The molecule has 0 fully saturated rings. The molecule has 0 atom stereocenters. The molecular formula is C5H10Br2S2. The molecule has 0 spiro atoms. The minimum Gasteiger partial charge on any atom is -0.0836 e. The van der Waals surface area contributed by atoms with E-state index < -0.39 is 0 Å². The van der Waals surface area contributed by atoms with Crippen LogP contribution in [0.1, 0.15) is 19.3 Å². The second-order valence-corrected chi connectivity index (χ2v) is 5.69. The van der Waals surface area contributed by atoms with E-state index in [2.05, 4.69) is 29.6 Å². The third-order valence-electron chi connectivity index (χ3n) is 0.943. The Balaban J connectivity index is 2.60. The van der Waals surface area contributed by atoms with E-state index in [0.29, 0.717) is 0 Å². The fourth-order valence-electron chi connectivity index (χ4n) is 0.490. The maximum atomic E-state index is 3.32. The molecule has 0 saturated carbocycles. The Bertz CT molecular complexity index is 46.2. The minimum atomic E-state index is 1.24. The van der Waals surface area contributed by atoms with Crippen LogP contribution >= 0.6 is 50.0 Å². The van der Waals surface area contributed by atoms with Crippen molar-refractivity contribution >= 4 is 50.0 Å². The molecule has 0 radical (unpaired) electrons. The Labute approximate surface area is 80.3 Å². The number of unbranched alkanes of at least 4 members (excludes halogenated alkanes) is 2. The highest BCUT2D eigenvalue weighted by Gasteiger charge is 1.87. The van der Waals surface area contributed by atoms with Gasteiger partial charge in [0.25, 0.3) is 0 Å². The highest BCUT2D eigenvalue weighted by atomic mass is 79.9. The van der Waals surface area contributed by atoms with Crippen LogP contribution in [0.5, 0.6) is 0 Å². The van der Waals surface area contributed by atoms with E-state index in [1.54, 1.807) is 20.4 Å². The van der Waals surface area contributed by atoms with Gasteiger partial charge in [-0.05, 0) is 42.5 Å². The van der Waals surface area contributed by atoms with Crippen molar-refractivity contribution in [2.45, 2.75) is 19.3 Å². The molecule has 0 rings (SSSR count). The highest BCUT2D eigenvalue weighted by Crippen LogP contribution is 2.16. The molecule has 9 heavy (non-hydrogen) atoms. The van der Waals surface area contributed by atoms with Crippen LogP contribution in [-0.2, 0) is 0 Å². The van der Waals surface area contributed by atoms with Crippen LogP contribution in [0.25, 0.3) is 0 Å². The summed E-state index contributed by atoms with van der Waals surface area (Å²) in [6.45, 7) is 0. The molecule has 0 N–H and O–H groups in total. The molecule has 0 aromatic rings. The van der Waals surface area contributed by atoms with Crippen molar-refractivity contribution in [3.05, 3.63) is 0 Å². The van der Waals surface area contributed by atoms with Gasteiger partial charge in [-0.3, -0.25) is 0 Å². The molecule has 0 aromatic carbocycles. The lowest BCUT2D eigenvalue weighted by Gasteiger charge is -1.94. The van der Waals surface area contributed by atoms with E-state index in [-0.39, 0.29) is 0 Å². The predicted molar refractivity (Wildman–Crippen MR) is 56.6 cm³/mol. The molecular weight excluding hydrogens is 284 g/mol. The minimum absolute atomic E-state index is 1.24. The molecule has 56 valence electrons. The summed E-state index contributed by atoms with van der Waals surface area (Å²) in [4.78, 5) is 0. The van der Waals surface area contributed by atoms with Crippen molar-refractivity contribution in [1.82, 2.24) is 0 Å². The van der Waals surface area contributed by atoms with Gasteiger partial charge in [-0.2, -0.15) is 0 Å². The Kier molecular flexibility index (Phi) is 11.4. The Morgan fingerprint density at radius 1 is 0.778 bits per heavy atom. The van der Waals surface area contributed by atoms with E-state index in [9.17, 15) is 0 Å². The van der Waals surface area contributed by atoms with Crippen LogP contribution in [0.3, 0.4) is 0 Å². The van der Waals surface area contributed by atoms with Gasteiger partial charge in [0.1, 0.15) is 0 Å². The topological polar surface area (TPSA) is 0 Å². The molecule has 0 nitrogen and oxygen atoms in total. The second-order valence-electron chi connectivity index (χ2n) is 1.69. The molecule has 0 heterocycles. The van der Waals surface area contributed by atoms with E-state index in [4.69, 9.17) is 0 Å². The van der Waals surface area contributed by atoms with Crippen molar-refractivity contribution < 1.29 is 0 Å². The summed E-state index contributed by atoms with van der Waals surface area (Å²) in [7, 11) is 3.51. The number of hydrogen-bond donors (Lipinski definition) is 0. The van der Waals surface area contributed by atoms with Crippen LogP contribution < -0.4 is 0 Å². The van der Waals surface area contributed by atoms with Gasteiger partial charge in [0, 0.05) is 11.5 Å². The second kappa shape index (κ2) is 9.66. The van der Waals surface area contributed by atoms with Crippen LogP contribution in [0, 0.1) is 0 Å². The van der Waals surface area contributed by atoms with Crippen LogP contribution in [-0.4, -0.2) is 11.5 Å². The first-order chi connectivity index (χ1) is 4.41. The summed E-state index contributed by atoms with van der Waals surface area (Å²) in [6.07, 6.45) is 4.03. The summed E-state index contributed by atoms with van der Waals surface area (Å²) in [5.74, 6) is 2.49. The molecule has 0 amide bonds. The Hall–Kier alpha value is 1.66. The maximum Gasteiger partial charge on any atom is 0.00425 e. The van der Waals surface area contributed by atoms with Gasteiger partial charge in [-0.15, -0.1) is 0 Å². The third-order valence-corrected chi connectivity index (χ3v) is 3.77. The maximum absolute atomic E-state index is 3.32. The van der Waals surface area contributed by atoms with Crippen molar-refractivity contribution in [3.8, 4) is 0 Å². The highest BCUT2D eigenvalue weighted by molar-refractivity contribution is 9.50. The smallest absolute Gasteiger partial charge is 0.00425 e.